The number of nitrogens with zero attached hydrogens (tertiary/aromatic N) is 1. The van der Waals surface area contributed by atoms with Crippen LogP contribution in [0.3, 0.4) is 0 Å². The van der Waals surface area contributed by atoms with E-state index in [1.165, 1.54) is 5.39 Å². The van der Waals surface area contributed by atoms with E-state index < -0.39 is 0 Å². The molecule has 1 heterocycles. The minimum absolute atomic E-state index is 0.916. The number of rotatable bonds is 2. The third-order valence-electron chi connectivity index (χ3n) is 2.40. The number of fused-ring (bicyclic) bond motifs is 1. The fraction of sp³-hybridized carbons (Fsp3) is 0.250. The molecule has 0 unspecified atom stereocenters. The first kappa shape index (κ1) is 9.00. The van der Waals surface area contributed by atoms with Crippen LogP contribution in [0.4, 0.5) is 0 Å². The minimum Gasteiger partial charge on any atom is -0.496 e. The van der Waals surface area contributed by atoms with Crippen molar-refractivity contribution in [3.05, 3.63) is 36.2 Å². The molecule has 0 aliphatic heterocycles. The molecule has 1 aromatic heterocycles. The van der Waals surface area contributed by atoms with Gasteiger partial charge in [-0.2, -0.15) is 0 Å². The number of pyridine rings is 1. The van der Waals surface area contributed by atoms with Gasteiger partial charge in [-0.25, -0.2) is 0 Å². The largest absolute Gasteiger partial charge is 0.496 e. The van der Waals surface area contributed by atoms with E-state index in [1.807, 2.05) is 24.4 Å². The summed E-state index contributed by atoms with van der Waals surface area (Å²) in [5.74, 6) is 0.916. The predicted octanol–water partition coefficient (Wildman–Crippen LogP) is 2.81. The zero-order valence-corrected chi connectivity index (χ0v) is 8.45. The monoisotopic (exact) mass is 187 g/mol. The molecule has 0 aliphatic carbocycles. The van der Waals surface area contributed by atoms with Gasteiger partial charge in [0.25, 0.3) is 0 Å². The van der Waals surface area contributed by atoms with Crippen LogP contribution >= 0.6 is 0 Å². The quantitative estimate of drug-likeness (QED) is 0.721. The van der Waals surface area contributed by atoms with Crippen LogP contribution in [-0.4, -0.2) is 12.1 Å². The maximum absolute atomic E-state index is 5.30. The maximum Gasteiger partial charge on any atom is 0.126 e. The second-order valence-electron chi connectivity index (χ2n) is 3.17. The van der Waals surface area contributed by atoms with Crippen molar-refractivity contribution in [3.63, 3.8) is 0 Å². The highest BCUT2D eigenvalue weighted by atomic mass is 16.5. The molecule has 0 bridgehead atoms. The molecule has 0 amide bonds. The van der Waals surface area contributed by atoms with E-state index in [2.05, 4.69) is 18.0 Å². The lowest BCUT2D eigenvalue weighted by Crippen LogP contribution is -1.90. The molecule has 0 aliphatic rings. The molecule has 1 aromatic carbocycles. The standard InChI is InChI=1S/C12H13NO/c1-3-11-9-5-4-6-12(14-2)10(9)7-8-13-11/h4-8H,3H2,1-2H3. The van der Waals surface area contributed by atoms with E-state index in [1.54, 1.807) is 7.11 Å². The minimum atomic E-state index is 0.916. The lowest BCUT2D eigenvalue weighted by Gasteiger charge is -2.07. The summed E-state index contributed by atoms with van der Waals surface area (Å²) in [7, 11) is 1.70. The molecule has 2 aromatic rings. The Morgan fingerprint density at radius 3 is 2.79 bits per heavy atom. The average molecular weight is 187 g/mol. The summed E-state index contributed by atoms with van der Waals surface area (Å²) in [5, 5.41) is 2.33. The van der Waals surface area contributed by atoms with Crippen LogP contribution in [0, 0.1) is 0 Å². The van der Waals surface area contributed by atoms with Crippen LogP contribution in [0.15, 0.2) is 30.5 Å². The van der Waals surface area contributed by atoms with Crippen molar-refractivity contribution in [1.29, 1.82) is 0 Å². The number of aromatic nitrogens is 1. The first-order chi connectivity index (χ1) is 6.86. The Labute approximate surface area is 83.5 Å². The van der Waals surface area contributed by atoms with Gasteiger partial charge < -0.3 is 4.74 Å². The third-order valence-corrected chi connectivity index (χ3v) is 2.40. The van der Waals surface area contributed by atoms with Crippen LogP contribution in [-0.2, 0) is 6.42 Å². The van der Waals surface area contributed by atoms with Crippen LogP contribution in [0.25, 0.3) is 10.8 Å². The van der Waals surface area contributed by atoms with Crippen LogP contribution in [0.1, 0.15) is 12.6 Å². The fourth-order valence-corrected chi connectivity index (χ4v) is 1.70. The second-order valence-corrected chi connectivity index (χ2v) is 3.17. The zero-order chi connectivity index (χ0) is 9.97. The highest BCUT2D eigenvalue weighted by Gasteiger charge is 2.03. The second kappa shape index (κ2) is 3.66. The number of benzene rings is 1. The number of aryl methyl sites for hydroxylation is 1. The molecular formula is C12H13NO. The lowest BCUT2D eigenvalue weighted by atomic mass is 10.1. The summed E-state index contributed by atoms with van der Waals surface area (Å²) in [6, 6.07) is 8.06. The Bertz CT molecular complexity index is 408. The van der Waals surface area contributed by atoms with E-state index in [0.717, 1.165) is 23.3 Å². The average Bonchev–Trinajstić information content (AvgIpc) is 2.27. The zero-order valence-electron chi connectivity index (χ0n) is 8.45. The van der Waals surface area contributed by atoms with Gasteiger partial charge >= 0.3 is 0 Å². The molecule has 0 N–H and O–H groups in total. The molecular weight excluding hydrogens is 174 g/mol. The Kier molecular flexibility index (Phi) is 2.35. The van der Waals surface area contributed by atoms with Crippen molar-refractivity contribution in [1.82, 2.24) is 4.98 Å². The number of ether oxygens (including phenoxy) is 1. The van der Waals surface area contributed by atoms with Gasteiger partial charge in [-0.3, -0.25) is 4.98 Å². The first-order valence-corrected chi connectivity index (χ1v) is 4.77. The molecule has 0 radical (unpaired) electrons. The predicted molar refractivity (Wildman–Crippen MR) is 57.7 cm³/mol. The SMILES string of the molecule is CCc1nccc2c(OC)cccc12. The Hall–Kier alpha value is -1.57. The van der Waals surface area contributed by atoms with Gasteiger partial charge in [-0.05, 0) is 18.6 Å². The third kappa shape index (κ3) is 1.33. The highest BCUT2D eigenvalue weighted by Crippen LogP contribution is 2.26. The van der Waals surface area contributed by atoms with Gasteiger partial charge in [0, 0.05) is 22.7 Å². The molecule has 72 valence electrons. The molecule has 0 fully saturated rings. The summed E-state index contributed by atoms with van der Waals surface area (Å²) in [4.78, 5) is 4.35. The number of methoxy groups -OCH3 is 1. The lowest BCUT2D eigenvalue weighted by molar-refractivity contribution is 0.420. The van der Waals surface area contributed by atoms with E-state index in [-0.39, 0.29) is 0 Å². The summed E-state index contributed by atoms with van der Waals surface area (Å²) in [6.07, 6.45) is 2.79. The van der Waals surface area contributed by atoms with Crippen molar-refractivity contribution in [2.75, 3.05) is 7.11 Å². The van der Waals surface area contributed by atoms with Crippen LogP contribution < -0.4 is 4.74 Å². The van der Waals surface area contributed by atoms with Crippen molar-refractivity contribution in [2.45, 2.75) is 13.3 Å². The summed E-state index contributed by atoms with van der Waals surface area (Å²) in [6.45, 7) is 2.11. The van der Waals surface area contributed by atoms with Crippen LogP contribution in [0.2, 0.25) is 0 Å². The molecule has 2 heteroatoms. The summed E-state index contributed by atoms with van der Waals surface area (Å²) in [5.41, 5.74) is 1.13. The molecule has 0 saturated heterocycles. The van der Waals surface area contributed by atoms with E-state index in [4.69, 9.17) is 4.74 Å². The fourth-order valence-electron chi connectivity index (χ4n) is 1.70. The normalized spacial score (nSPS) is 10.4. The van der Waals surface area contributed by atoms with Gasteiger partial charge in [0.15, 0.2) is 0 Å². The maximum atomic E-state index is 5.30. The Morgan fingerprint density at radius 2 is 2.07 bits per heavy atom. The van der Waals surface area contributed by atoms with Crippen molar-refractivity contribution in [3.8, 4) is 5.75 Å². The smallest absolute Gasteiger partial charge is 0.126 e. The molecule has 0 spiro atoms. The van der Waals surface area contributed by atoms with Gasteiger partial charge in [-0.15, -0.1) is 0 Å². The van der Waals surface area contributed by atoms with E-state index in [0.29, 0.717) is 0 Å². The topological polar surface area (TPSA) is 22.1 Å². The number of hydrogen-bond acceptors (Lipinski definition) is 2. The number of hydrogen-bond donors (Lipinski definition) is 0. The summed E-state index contributed by atoms with van der Waals surface area (Å²) >= 11 is 0. The first-order valence-electron chi connectivity index (χ1n) is 4.77. The van der Waals surface area contributed by atoms with Crippen molar-refractivity contribution >= 4 is 10.8 Å². The molecule has 14 heavy (non-hydrogen) atoms. The van der Waals surface area contributed by atoms with Gasteiger partial charge in [0.05, 0.1) is 7.11 Å². The summed E-state index contributed by atoms with van der Waals surface area (Å²) < 4.78 is 5.30. The van der Waals surface area contributed by atoms with Gasteiger partial charge in [0.1, 0.15) is 5.75 Å². The Balaban J connectivity index is 2.77. The van der Waals surface area contributed by atoms with Gasteiger partial charge in [-0.1, -0.05) is 19.1 Å². The Morgan fingerprint density at radius 1 is 1.21 bits per heavy atom. The van der Waals surface area contributed by atoms with Crippen LogP contribution in [0.5, 0.6) is 5.75 Å². The van der Waals surface area contributed by atoms with E-state index >= 15 is 0 Å². The molecule has 2 rings (SSSR count). The molecule has 0 saturated carbocycles. The highest BCUT2D eigenvalue weighted by molar-refractivity contribution is 5.89. The molecule has 2 nitrogen and oxygen atoms in total. The van der Waals surface area contributed by atoms with E-state index in [9.17, 15) is 0 Å². The van der Waals surface area contributed by atoms with Crippen molar-refractivity contribution < 1.29 is 4.74 Å². The van der Waals surface area contributed by atoms with Gasteiger partial charge in [0.2, 0.25) is 0 Å². The molecule has 0 atom stereocenters. The van der Waals surface area contributed by atoms with Crippen molar-refractivity contribution in [2.24, 2.45) is 0 Å².